The number of hydrogen-bond donors (Lipinski definition) is 3. The molecular formula is C21H22ClN2O4+. The van der Waals surface area contributed by atoms with Crippen molar-refractivity contribution < 1.29 is 19.2 Å². The molecule has 28 heavy (non-hydrogen) atoms. The van der Waals surface area contributed by atoms with Crippen LogP contribution in [0, 0.1) is 0 Å². The van der Waals surface area contributed by atoms with E-state index in [0.717, 1.165) is 21.4 Å². The zero-order valence-corrected chi connectivity index (χ0v) is 16.5. The molecule has 0 bridgehead atoms. The van der Waals surface area contributed by atoms with Crippen LogP contribution >= 0.6 is 11.6 Å². The number of phenols is 1. The maximum absolute atomic E-state index is 12.3. The Morgan fingerprint density at radius 2 is 1.89 bits per heavy atom. The minimum absolute atomic E-state index is 0.110. The second kappa shape index (κ2) is 8.46. The van der Waals surface area contributed by atoms with Crippen molar-refractivity contribution in [2.75, 3.05) is 18.9 Å². The number of hydrogen-bond acceptors (Lipinski definition) is 4. The molecule has 146 valence electrons. The summed E-state index contributed by atoms with van der Waals surface area (Å²) in [5, 5.41) is 14.2. The quantitative estimate of drug-likeness (QED) is 0.554. The number of nitrogens with one attached hydrogen (secondary N) is 2. The van der Waals surface area contributed by atoms with Crippen molar-refractivity contribution in [3.05, 3.63) is 69.0 Å². The van der Waals surface area contributed by atoms with E-state index in [1.165, 1.54) is 12.1 Å². The molecule has 0 aliphatic rings. The van der Waals surface area contributed by atoms with E-state index in [1.807, 2.05) is 20.0 Å². The van der Waals surface area contributed by atoms with Crippen molar-refractivity contribution in [1.29, 1.82) is 0 Å². The third-order valence-electron chi connectivity index (χ3n) is 4.49. The minimum atomic E-state index is -0.482. The number of aryl methyl sites for hydroxylation is 1. The molecule has 6 nitrogen and oxygen atoms in total. The number of benzene rings is 2. The van der Waals surface area contributed by atoms with E-state index in [4.69, 9.17) is 16.0 Å². The van der Waals surface area contributed by atoms with Gasteiger partial charge in [-0.1, -0.05) is 18.5 Å². The molecule has 1 atom stereocenters. The Bertz CT molecular complexity index is 1060. The summed E-state index contributed by atoms with van der Waals surface area (Å²) in [6, 6.07) is 11.7. The molecule has 0 saturated carbocycles. The number of rotatable bonds is 6. The summed E-state index contributed by atoms with van der Waals surface area (Å²) in [6.07, 6.45) is 0.659. The number of quaternary nitrogens is 1. The van der Waals surface area contributed by atoms with Gasteiger partial charge >= 0.3 is 5.63 Å². The largest absolute Gasteiger partial charge is 0.508 e. The first-order valence-corrected chi connectivity index (χ1v) is 9.39. The van der Waals surface area contributed by atoms with Gasteiger partial charge < -0.3 is 19.7 Å². The number of anilines is 1. The highest BCUT2D eigenvalue weighted by molar-refractivity contribution is 6.30. The minimum Gasteiger partial charge on any atom is -0.508 e. The maximum atomic E-state index is 12.3. The molecular weight excluding hydrogens is 380 g/mol. The Morgan fingerprint density at radius 3 is 2.57 bits per heavy atom. The van der Waals surface area contributed by atoms with Crippen molar-refractivity contribution in [3.8, 4) is 5.75 Å². The van der Waals surface area contributed by atoms with Gasteiger partial charge in [-0.05, 0) is 42.3 Å². The third-order valence-corrected chi connectivity index (χ3v) is 4.74. The molecule has 2 aromatic carbocycles. The molecule has 3 rings (SSSR count). The van der Waals surface area contributed by atoms with Gasteiger partial charge in [0.1, 0.15) is 17.9 Å². The van der Waals surface area contributed by atoms with E-state index in [0.29, 0.717) is 29.3 Å². The highest BCUT2D eigenvalue weighted by Gasteiger charge is 2.16. The van der Waals surface area contributed by atoms with Crippen molar-refractivity contribution >= 4 is 34.2 Å². The molecule has 1 amide bonds. The summed E-state index contributed by atoms with van der Waals surface area (Å²) in [7, 11) is 1.88. The average molecular weight is 402 g/mol. The first-order valence-electron chi connectivity index (χ1n) is 9.01. The lowest BCUT2D eigenvalue weighted by molar-refractivity contribution is -0.885. The van der Waals surface area contributed by atoms with Crippen LogP contribution in [0.1, 0.15) is 18.1 Å². The SMILES string of the molecule is CCc1cc2c(C[NH+](C)CC(=O)Nc3ccc(Cl)cc3)cc(=O)oc2cc1O. The van der Waals surface area contributed by atoms with E-state index in [2.05, 4.69) is 5.32 Å². The highest BCUT2D eigenvalue weighted by Crippen LogP contribution is 2.26. The molecule has 0 radical (unpaired) electrons. The molecule has 0 spiro atoms. The van der Waals surface area contributed by atoms with Crippen LogP contribution in [0.3, 0.4) is 0 Å². The molecule has 1 unspecified atom stereocenters. The predicted octanol–water partition coefficient (Wildman–Crippen LogP) is 2.37. The fourth-order valence-electron chi connectivity index (χ4n) is 3.14. The number of phenolic OH excluding ortho intramolecular Hbond substituents is 1. The summed E-state index contributed by atoms with van der Waals surface area (Å²) >= 11 is 5.85. The summed E-state index contributed by atoms with van der Waals surface area (Å²) in [4.78, 5) is 25.1. The lowest BCUT2D eigenvalue weighted by Gasteiger charge is -2.15. The van der Waals surface area contributed by atoms with Crippen LogP contribution in [0.15, 0.2) is 51.7 Å². The van der Waals surface area contributed by atoms with Crippen LogP contribution < -0.4 is 15.8 Å². The van der Waals surface area contributed by atoms with E-state index in [9.17, 15) is 14.7 Å². The second-order valence-electron chi connectivity index (χ2n) is 6.79. The zero-order valence-electron chi connectivity index (χ0n) is 15.7. The number of halogens is 1. The standard InChI is InChI=1S/C21H21ClN2O4/c1-3-13-8-17-14(9-21(27)28-19(17)10-18(13)25)11-24(2)12-20(26)23-16-6-4-15(22)5-7-16/h4-10,25H,3,11-12H2,1-2H3,(H,23,26)/p+1. The number of amides is 1. The van der Waals surface area contributed by atoms with Crippen molar-refractivity contribution in [3.63, 3.8) is 0 Å². The van der Waals surface area contributed by atoms with Gasteiger partial charge in [0, 0.05) is 33.8 Å². The van der Waals surface area contributed by atoms with E-state index in [-0.39, 0.29) is 18.2 Å². The predicted molar refractivity (Wildman–Crippen MR) is 109 cm³/mol. The Kier molecular flexibility index (Phi) is 6.02. The Morgan fingerprint density at radius 1 is 1.18 bits per heavy atom. The Labute approximate surface area is 167 Å². The molecule has 3 aromatic rings. The lowest BCUT2D eigenvalue weighted by atomic mass is 10.0. The second-order valence-corrected chi connectivity index (χ2v) is 7.22. The molecule has 0 aliphatic carbocycles. The average Bonchev–Trinajstić information content (AvgIpc) is 2.62. The van der Waals surface area contributed by atoms with Crippen LogP contribution in [-0.4, -0.2) is 24.6 Å². The smallest absolute Gasteiger partial charge is 0.336 e. The first-order chi connectivity index (χ1) is 13.4. The number of carbonyl (C=O) groups is 1. The number of likely N-dealkylation sites (N-methyl/N-ethyl adjacent to an activating group) is 1. The third kappa shape index (κ3) is 4.71. The lowest BCUT2D eigenvalue weighted by Crippen LogP contribution is -3.08. The van der Waals surface area contributed by atoms with Crippen molar-refractivity contribution in [2.45, 2.75) is 19.9 Å². The summed E-state index contributed by atoms with van der Waals surface area (Å²) in [5.74, 6) is -0.0303. The van der Waals surface area contributed by atoms with Crippen LogP contribution in [0.25, 0.3) is 11.0 Å². The van der Waals surface area contributed by atoms with Gasteiger partial charge in [-0.15, -0.1) is 0 Å². The van der Waals surface area contributed by atoms with Crippen LogP contribution in [0.2, 0.25) is 5.02 Å². The van der Waals surface area contributed by atoms with Gasteiger partial charge in [-0.25, -0.2) is 4.79 Å². The molecule has 1 heterocycles. The van der Waals surface area contributed by atoms with Gasteiger partial charge in [-0.2, -0.15) is 0 Å². The van der Waals surface area contributed by atoms with E-state index in [1.54, 1.807) is 24.3 Å². The van der Waals surface area contributed by atoms with Gasteiger partial charge in [0.05, 0.1) is 7.05 Å². The maximum Gasteiger partial charge on any atom is 0.336 e. The monoisotopic (exact) mass is 401 g/mol. The van der Waals surface area contributed by atoms with Gasteiger partial charge in [0.25, 0.3) is 5.91 Å². The van der Waals surface area contributed by atoms with Gasteiger partial charge in [0.15, 0.2) is 6.54 Å². The summed E-state index contributed by atoms with van der Waals surface area (Å²) in [6.45, 7) is 2.63. The normalized spacial score (nSPS) is 12.1. The van der Waals surface area contributed by atoms with Gasteiger partial charge in [0.2, 0.25) is 0 Å². The topological polar surface area (TPSA) is 84.0 Å². The molecule has 0 aliphatic heterocycles. The summed E-state index contributed by atoms with van der Waals surface area (Å²) in [5.41, 5.74) is 2.09. The molecule has 3 N–H and O–H groups in total. The van der Waals surface area contributed by atoms with Crippen molar-refractivity contribution in [1.82, 2.24) is 0 Å². The van der Waals surface area contributed by atoms with Crippen LogP contribution in [-0.2, 0) is 17.8 Å². The molecule has 1 aromatic heterocycles. The number of aromatic hydroxyl groups is 1. The number of fused-ring (bicyclic) bond motifs is 1. The molecule has 7 heteroatoms. The molecule has 0 saturated heterocycles. The fraction of sp³-hybridized carbons (Fsp3) is 0.238. The van der Waals surface area contributed by atoms with E-state index < -0.39 is 5.63 Å². The number of carbonyl (C=O) groups excluding carboxylic acids is 1. The molecule has 0 fully saturated rings. The zero-order chi connectivity index (χ0) is 20.3. The Hall–Kier alpha value is -2.83. The fourth-order valence-corrected chi connectivity index (χ4v) is 3.26. The van der Waals surface area contributed by atoms with Crippen LogP contribution in [0.4, 0.5) is 5.69 Å². The van der Waals surface area contributed by atoms with E-state index >= 15 is 0 Å². The highest BCUT2D eigenvalue weighted by atomic mass is 35.5. The van der Waals surface area contributed by atoms with Gasteiger partial charge in [-0.3, -0.25) is 4.79 Å². The van der Waals surface area contributed by atoms with Crippen LogP contribution in [0.5, 0.6) is 5.75 Å². The summed E-state index contributed by atoms with van der Waals surface area (Å²) < 4.78 is 5.22. The Balaban J connectivity index is 1.76. The first kappa shape index (κ1) is 19.9. The van der Waals surface area contributed by atoms with Crippen molar-refractivity contribution in [2.24, 2.45) is 0 Å².